The number of nitrogens with one attached hydrogen (secondary N) is 2. The van der Waals surface area contributed by atoms with Crippen molar-refractivity contribution in [1.82, 2.24) is 4.98 Å². The van der Waals surface area contributed by atoms with Crippen molar-refractivity contribution in [1.29, 1.82) is 0 Å². The van der Waals surface area contributed by atoms with Crippen LogP contribution < -0.4 is 5.32 Å². The van der Waals surface area contributed by atoms with Crippen molar-refractivity contribution in [2.45, 2.75) is 26.2 Å². The van der Waals surface area contributed by atoms with Gasteiger partial charge < -0.3 is 10.3 Å². The monoisotopic (exact) mass is 216 g/mol. The Morgan fingerprint density at radius 2 is 2.25 bits per heavy atom. The third kappa shape index (κ3) is 2.42. The molecule has 2 N–H and O–H groups in total. The molecule has 1 amide bonds. The van der Waals surface area contributed by atoms with Crippen molar-refractivity contribution in [3.8, 4) is 0 Å². The van der Waals surface area contributed by atoms with Crippen molar-refractivity contribution in [2.75, 3.05) is 5.32 Å². The molecule has 3 heteroatoms. The third-order valence-corrected chi connectivity index (χ3v) is 2.60. The molecular formula is C13H16N2O. The summed E-state index contributed by atoms with van der Waals surface area (Å²) in [5, 5.41) is 4.06. The highest BCUT2D eigenvalue weighted by Crippen LogP contribution is 2.17. The van der Waals surface area contributed by atoms with Crippen molar-refractivity contribution in [2.24, 2.45) is 0 Å². The fourth-order valence-electron chi connectivity index (χ4n) is 1.69. The fourth-order valence-corrected chi connectivity index (χ4v) is 1.69. The zero-order chi connectivity index (χ0) is 11.4. The van der Waals surface area contributed by atoms with Gasteiger partial charge in [0.05, 0.1) is 0 Å². The van der Waals surface area contributed by atoms with E-state index in [1.165, 1.54) is 0 Å². The van der Waals surface area contributed by atoms with E-state index in [0.717, 1.165) is 29.4 Å². The number of fused-ring (bicyclic) bond motifs is 1. The van der Waals surface area contributed by atoms with Crippen LogP contribution in [0.3, 0.4) is 0 Å². The summed E-state index contributed by atoms with van der Waals surface area (Å²) in [5.74, 6) is 0.0905. The Morgan fingerprint density at radius 1 is 1.38 bits per heavy atom. The van der Waals surface area contributed by atoms with Gasteiger partial charge in [0, 0.05) is 23.8 Å². The number of carbonyl (C=O) groups excluding carboxylic acids is 1. The number of aromatic amines is 1. The zero-order valence-corrected chi connectivity index (χ0v) is 9.42. The van der Waals surface area contributed by atoms with Crippen LogP contribution in [0, 0.1) is 0 Å². The Hall–Kier alpha value is -1.77. The SMILES string of the molecule is CCCCC(=O)Nc1ccc2cc[nH]c2c1. The second kappa shape index (κ2) is 4.84. The lowest BCUT2D eigenvalue weighted by Crippen LogP contribution is -2.10. The van der Waals surface area contributed by atoms with Crippen molar-refractivity contribution >= 4 is 22.5 Å². The van der Waals surface area contributed by atoms with E-state index in [9.17, 15) is 4.79 Å². The second-order valence-electron chi connectivity index (χ2n) is 3.93. The van der Waals surface area contributed by atoms with E-state index in [1.54, 1.807) is 0 Å². The molecule has 1 aromatic carbocycles. The summed E-state index contributed by atoms with van der Waals surface area (Å²) in [5.41, 5.74) is 1.91. The van der Waals surface area contributed by atoms with Crippen LogP contribution in [-0.4, -0.2) is 10.9 Å². The van der Waals surface area contributed by atoms with Crippen molar-refractivity contribution in [3.63, 3.8) is 0 Å². The summed E-state index contributed by atoms with van der Waals surface area (Å²) in [6.45, 7) is 2.08. The molecule has 0 radical (unpaired) electrons. The molecule has 0 aliphatic rings. The number of benzene rings is 1. The van der Waals surface area contributed by atoms with Crippen molar-refractivity contribution in [3.05, 3.63) is 30.5 Å². The molecule has 2 rings (SSSR count). The van der Waals surface area contributed by atoms with E-state index in [2.05, 4.69) is 17.2 Å². The minimum atomic E-state index is 0.0905. The lowest BCUT2D eigenvalue weighted by Gasteiger charge is -2.04. The molecule has 3 nitrogen and oxygen atoms in total. The first-order valence-corrected chi connectivity index (χ1v) is 5.66. The number of hydrogen-bond donors (Lipinski definition) is 2. The highest BCUT2D eigenvalue weighted by Gasteiger charge is 2.02. The zero-order valence-electron chi connectivity index (χ0n) is 9.42. The molecule has 84 valence electrons. The van der Waals surface area contributed by atoms with Gasteiger partial charge in [-0.15, -0.1) is 0 Å². The molecule has 0 atom stereocenters. The summed E-state index contributed by atoms with van der Waals surface area (Å²) in [6, 6.07) is 7.90. The molecule has 1 aromatic heterocycles. The van der Waals surface area contributed by atoms with E-state index >= 15 is 0 Å². The number of unbranched alkanes of at least 4 members (excludes halogenated alkanes) is 1. The van der Waals surface area contributed by atoms with E-state index < -0.39 is 0 Å². The average molecular weight is 216 g/mol. The lowest BCUT2D eigenvalue weighted by molar-refractivity contribution is -0.116. The van der Waals surface area contributed by atoms with E-state index in [-0.39, 0.29) is 5.91 Å². The predicted octanol–water partition coefficient (Wildman–Crippen LogP) is 3.30. The van der Waals surface area contributed by atoms with Crippen LogP contribution in [0.15, 0.2) is 30.5 Å². The Bertz CT molecular complexity index is 487. The summed E-state index contributed by atoms with van der Waals surface area (Å²) < 4.78 is 0. The molecule has 2 aromatic rings. The standard InChI is InChI=1S/C13H16N2O/c1-2-3-4-13(16)15-11-6-5-10-7-8-14-12(10)9-11/h5-9,14H,2-4H2,1H3,(H,15,16). The van der Waals surface area contributed by atoms with Gasteiger partial charge in [0.25, 0.3) is 0 Å². The quantitative estimate of drug-likeness (QED) is 0.809. The smallest absolute Gasteiger partial charge is 0.224 e. The molecular weight excluding hydrogens is 200 g/mol. The minimum absolute atomic E-state index is 0.0905. The highest BCUT2D eigenvalue weighted by molar-refractivity contribution is 5.93. The van der Waals surface area contributed by atoms with Crippen LogP contribution >= 0.6 is 0 Å². The van der Waals surface area contributed by atoms with Crippen LogP contribution in [-0.2, 0) is 4.79 Å². The van der Waals surface area contributed by atoms with E-state index in [1.807, 2.05) is 30.5 Å². The molecule has 1 heterocycles. The molecule has 16 heavy (non-hydrogen) atoms. The van der Waals surface area contributed by atoms with Crippen molar-refractivity contribution < 1.29 is 4.79 Å². The molecule has 0 saturated carbocycles. The van der Waals surface area contributed by atoms with Crippen LogP contribution in [0.4, 0.5) is 5.69 Å². The molecule has 0 bridgehead atoms. The average Bonchev–Trinajstić information content (AvgIpc) is 2.73. The van der Waals surface area contributed by atoms with Crippen LogP contribution in [0.2, 0.25) is 0 Å². The number of rotatable bonds is 4. The molecule has 0 aliphatic carbocycles. The van der Waals surface area contributed by atoms with Gasteiger partial charge in [0.2, 0.25) is 5.91 Å². The third-order valence-electron chi connectivity index (χ3n) is 2.60. The summed E-state index contributed by atoms with van der Waals surface area (Å²) >= 11 is 0. The number of anilines is 1. The van der Waals surface area contributed by atoms with Gasteiger partial charge in [-0.2, -0.15) is 0 Å². The molecule has 0 unspecified atom stereocenters. The number of carbonyl (C=O) groups is 1. The van der Waals surface area contributed by atoms with Gasteiger partial charge in [-0.1, -0.05) is 19.4 Å². The van der Waals surface area contributed by atoms with Gasteiger partial charge in [-0.05, 0) is 30.0 Å². The molecule has 0 fully saturated rings. The molecule has 0 spiro atoms. The number of amides is 1. The maximum absolute atomic E-state index is 11.5. The van der Waals surface area contributed by atoms with E-state index in [0.29, 0.717) is 6.42 Å². The molecule has 0 saturated heterocycles. The minimum Gasteiger partial charge on any atom is -0.361 e. The van der Waals surface area contributed by atoms with E-state index in [4.69, 9.17) is 0 Å². The Balaban J connectivity index is 2.06. The lowest BCUT2D eigenvalue weighted by atomic mass is 10.2. The van der Waals surface area contributed by atoms with Gasteiger partial charge in [0.1, 0.15) is 0 Å². The first-order valence-electron chi connectivity index (χ1n) is 5.66. The fraction of sp³-hybridized carbons (Fsp3) is 0.308. The maximum atomic E-state index is 11.5. The number of aromatic nitrogens is 1. The summed E-state index contributed by atoms with van der Waals surface area (Å²) in [7, 11) is 0. The second-order valence-corrected chi connectivity index (χ2v) is 3.93. The topological polar surface area (TPSA) is 44.9 Å². The first kappa shape index (κ1) is 10.7. The van der Waals surface area contributed by atoms with Crippen LogP contribution in [0.5, 0.6) is 0 Å². The summed E-state index contributed by atoms with van der Waals surface area (Å²) in [6.07, 6.45) is 4.48. The van der Waals surface area contributed by atoms with Gasteiger partial charge in [-0.25, -0.2) is 0 Å². The van der Waals surface area contributed by atoms with Gasteiger partial charge in [-0.3, -0.25) is 4.79 Å². The largest absolute Gasteiger partial charge is 0.361 e. The molecule has 0 aliphatic heterocycles. The highest BCUT2D eigenvalue weighted by atomic mass is 16.1. The van der Waals surface area contributed by atoms with Crippen LogP contribution in [0.25, 0.3) is 10.9 Å². The Labute approximate surface area is 94.9 Å². The Morgan fingerprint density at radius 3 is 3.06 bits per heavy atom. The first-order chi connectivity index (χ1) is 7.79. The maximum Gasteiger partial charge on any atom is 0.224 e. The number of hydrogen-bond acceptors (Lipinski definition) is 1. The number of H-pyrrole nitrogens is 1. The summed E-state index contributed by atoms with van der Waals surface area (Å²) in [4.78, 5) is 14.6. The van der Waals surface area contributed by atoms with Gasteiger partial charge in [0.15, 0.2) is 0 Å². The van der Waals surface area contributed by atoms with Gasteiger partial charge >= 0.3 is 0 Å². The van der Waals surface area contributed by atoms with Crippen LogP contribution in [0.1, 0.15) is 26.2 Å². The Kier molecular flexibility index (Phi) is 3.25. The normalized spacial score (nSPS) is 10.6. The predicted molar refractivity (Wildman–Crippen MR) is 66.5 cm³/mol.